The molecule has 2 nitrogen and oxygen atoms in total. The van der Waals surface area contributed by atoms with Crippen LogP contribution in [0.25, 0.3) is 0 Å². The topological polar surface area (TPSA) is 26.3 Å². The van der Waals surface area contributed by atoms with Crippen LogP contribution in [-0.2, 0) is 9.53 Å². The number of hydrogen-bond donors (Lipinski definition) is 0. The number of rotatable bonds is 1. The summed E-state index contributed by atoms with van der Waals surface area (Å²) in [5.74, 6) is 4.49. The van der Waals surface area contributed by atoms with Gasteiger partial charge in [-0.25, -0.2) is 0 Å². The third-order valence-electron chi connectivity index (χ3n) is 9.42. The van der Waals surface area contributed by atoms with E-state index in [4.69, 9.17) is 4.74 Å². The van der Waals surface area contributed by atoms with Gasteiger partial charge in [0, 0.05) is 6.92 Å². The molecular formula is C22H36O2. The average Bonchev–Trinajstić information content (AvgIpc) is 2.83. The van der Waals surface area contributed by atoms with Crippen LogP contribution in [0.4, 0.5) is 0 Å². The van der Waals surface area contributed by atoms with Crippen molar-refractivity contribution in [3.63, 3.8) is 0 Å². The number of carbonyl (C=O) groups excluding carboxylic acids is 1. The average molecular weight is 333 g/mol. The number of hydrogen-bond acceptors (Lipinski definition) is 2. The fraction of sp³-hybridized carbons (Fsp3) is 0.955. The van der Waals surface area contributed by atoms with Gasteiger partial charge in [0.25, 0.3) is 0 Å². The highest BCUT2D eigenvalue weighted by Crippen LogP contribution is 2.67. The molecule has 24 heavy (non-hydrogen) atoms. The Hall–Kier alpha value is -0.530. The summed E-state index contributed by atoms with van der Waals surface area (Å²) in [5, 5.41) is 0. The first-order valence-electron chi connectivity index (χ1n) is 10.5. The standard InChI is InChI=1S/C22H36O2/c1-14-5-8-19-18-7-6-16-13-17(24-15(2)23)9-11-22(16,4)20(18)10-12-21(14,19)3/h14,16-20H,5-13H2,1-4H3/t14?,16?,17?,18?,19?,20?,21-,22+/m1/s1. The monoisotopic (exact) mass is 332 g/mol. The molecule has 0 N–H and O–H groups in total. The summed E-state index contributed by atoms with van der Waals surface area (Å²) in [6.07, 6.45) is 12.3. The Balaban J connectivity index is 1.53. The normalized spacial score (nSPS) is 53.7. The minimum absolute atomic E-state index is 0.0920. The van der Waals surface area contributed by atoms with Crippen LogP contribution in [0.5, 0.6) is 0 Å². The van der Waals surface area contributed by atoms with Crippen molar-refractivity contribution in [2.24, 2.45) is 40.4 Å². The van der Waals surface area contributed by atoms with Crippen molar-refractivity contribution in [2.45, 2.75) is 91.6 Å². The Morgan fingerprint density at radius 1 is 0.917 bits per heavy atom. The number of esters is 1. The van der Waals surface area contributed by atoms with Crippen molar-refractivity contribution in [3.8, 4) is 0 Å². The molecule has 0 amide bonds. The highest BCUT2D eigenvalue weighted by Gasteiger charge is 2.59. The van der Waals surface area contributed by atoms with E-state index in [0.717, 1.165) is 42.4 Å². The SMILES string of the molecule is CC(=O)OC1CC[C@@]2(C)C(CCC3C2CC[C@]2(C)C(C)CCC32)C1. The molecule has 0 aromatic rings. The van der Waals surface area contributed by atoms with E-state index in [1.54, 1.807) is 6.92 Å². The second-order valence-corrected chi connectivity index (χ2v) is 10.2. The lowest BCUT2D eigenvalue weighted by atomic mass is 9.45. The summed E-state index contributed by atoms with van der Waals surface area (Å²) in [6, 6.07) is 0. The fourth-order valence-corrected chi connectivity index (χ4v) is 7.82. The van der Waals surface area contributed by atoms with Crippen LogP contribution >= 0.6 is 0 Å². The summed E-state index contributed by atoms with van der Waals surface area (Å²) in [5.41, 5.74) is 1.13. The lowest BCUT2D eigenvalue weighted by Crippen LogP contribution is -2.54. The van der Waals surface area contributed by atoms with Crippen molar-refractivity contribution in [2.75, 3.05) is 0 Å². The predicted molar refractivity (Wildman–Crippen MR) is 96.4 cm³/mol. The summed E-state index contributed by atoms with van der Waals surface area (Å²) < 4.78 is 5.58. The van der Waals surface area contributed by atoms with Crippen LogP contribution in [0.3, 0.4) is 0 Å². The lowest BCUT2D eigenvalue weighted by Gasteiger charge is -2.61. The van der Waals surface area contributed by atoms with Gasteiger partial charge in [0.2, 0.25) is 0 Å². The molecule has 4 saturated carbocycles. The Kier molecular flexibility index (Phi) is 4.05. The Labute approximate surface area is 148 Å². The molecule has 0 aromatic heterocycles. The number of carbonyl (C=O) groups is 1. The van der Waals surface area contributed by atoms with Crippen molar-refractivity contribution >= 4 is 5.97 Å². The van der Waals surface area contributed by atoms with E-state index in [-0.39, 0.29) is 12.1 Å². The second-order valence-electron chi connectivity index (χ2n) is 10.2. The van der Waals surface area contributed by atoms with E-state index in [2.05, 4.69) is 20.8 Å². The van der Waals surface area contributed by atoms with Crippen LogP contribution in [0, 0.1) is 40.4 Å². The number of ether oxygens (including phenoxy) is 1. The third kappa shape index (κ3) is 2.38. The van der Waals surface area contributed by atoms with Crippen LogP contribution in [-0.4, -0.2) is 12.1 Å². The first-order chi connectivity index (χ1) is 11.3. The van der Waals surface area contributed by atoms with Crippen molar-refractivity contribution < 1.29 is 9.53 Å². The molecule has 0 aliphatic heterocycles. The van der Waals surface area contributed by atoms with Crippen LogP contribution in [0.1, 0.15) is 85.5 Å². The van der Waals surface area contributed by atoms with Gasteiger partial charge in [-0.1, -0.05) is 20.8 Å². The molecule has 0 radical (unpaired) electrons. The van der Waals surface area contributed by atoms with E-state index in [0.29, 0.717) is 10.8 Å². The zero-order chi connectivity index (χ0) is 17.1. The van der Waals surface area contributed by atoms with E-state index >= 15 is 0 Å². The third-order valence-corrected chi connectivity index (χ3v) is 9.42. The van der Waals surface area contributed by atoms with Gasteiger partial charge < -0.3 is 4.74 Å². The van der Waals surface area contributed by atoms with Gasteiger partial charge in [0.1, 0.15) is 6.10 Å². The number of fused-ring (bicyclic) bond motifs is 5. The zero-order valence-electron chi connectivity index (χ0n) is 16.1. The Morgan fingerprint density at radius 3 is 2.38 bits per heavy atom. The summed E-state index contributed by atoms with van der Waals surface area (Å²) in [4.78, 5) is 11.3. The van der Waals surface area contributed by atoms with E-state index < -0.39 is 0 Å². The molecule has 0 aromatic carbocycles. The first-order valence-corrected chi connectivity index (χ1v) is 10.5. The fourth-order valence-electron chi connectivity index (χ4n) is 7.82. The van der Waals surface area contributed by atoms with Gasteiger partial charge in [0.15, 0.2) is 0 Å². The molecule has 4 fully saturated rings. The molecule has 2 heteroatoms. The molecule has 4 aliphatic rings. The van der Waals surface area contributed by atoms with E-state index in [9.17, 15) is 4.79 Å². The lowest BCUT2D eigenvalue weighted by molar-refractivity contribution is -0.159. The minimum Gasteiger partial charge on any atom is -0.463 e. The van der Waals surface area contributed by atoms with Gasteiger partial charge in [-0.3, -0.25) is 4.79 Å². The maximum atomic E-state index is 11.3. The van der Waals surface area contributed by atoms with Crippen LogP contribution in [0.15, 0.2) is 0 Å². The highest BCUT2D eigenvalue weighted by atomic mass is 16.5. The summed E-state index contributed by atoms with van der Waals surface area (Å²) in [6.45, 7) is 9.28. The summed E-state index contributed by atoms with van der Waals surface area (Å²) in [7, 11) is 0. The summed E-state index contributed by atoms with van der Waals surface area (Å²) >= 11 is 0. The van der Waals surface area contributed by atoms with E-state index in [1.807, 2.05) is 0 Å². The van der Waals surface area contributed by atoms with Gasteiger partial charge in [-0.15, -0.1) is 0 Å². The largest absolute Gasteiger partial charge is 0.463 e. The molecule has 0 spiro atoms. The highest BCUT2D eigenvalue weighted by molar-refractivity contribution is 5.66. The zero-order valence-corrected chi connectivity index (χ0v) is 16.1. The maximum absolute atomic E-state index is 11.3. The molecule has 136 valence electrons. The van der Waals surface area contributed by atoms with E-state index in [1.165, 1.54) is 44.9 Å². The maximum Gasteiger partial charge on any atom is 0.302 e. The van der Waals surface area contributed by atoms with Gasteiger partial charge >= 0.3 is 5.97 Å². The first kappa shape index (κ1) is 16.9. The van der Waals surface area contributed by atoms with Crippen molar-refractivity contribution in [1.29, 1.82) is 0 Å². The predicted octanol–water partition coefficient (Wildman–Crippen LogP) is 5.60. The molecule has 6 unspecified atom stereocenters. The molecule has 8 atom stereocenters. The molecule has 0 bridgehead atoms. The molecule has 4 aliphatic carbocycles. The van der Waals surface area contributed by atoms with Crippen LogP contribution < -0.4 is 0 Å². The molecule has 4 rings (SSSR count). The molecule has 0 heterocycles. The van der Waals surface area contributed by atoms with Crippen LogP contribution in [0.2, 0.25) is 0 Å². The van der Waals surface area contributed by atoms with Gasteiger partial charge in [-0.05, 0) is 98.2 Å². The second kappa shape index (κ2) is 5.74. The quantitative estimate of drug-likeness (QED) is 0.584. The Morgan fingerprint density at radius 2 is 1.62 bits per heavy atom. The minimum atomic E-state index is -0.0920. The molecule has 0 saturated heterocycles. The van der Waals surface area contributed by atoms with Gasteiger partial charge in [-0.2, -0.15) is 0 Å². The van der Waals surface area contributed by atoms with Crippen molar-refractivity contribution in [1.82, 2.24) is 0 Å². The Bertz CT molecular complexity index is 514. The van der Waals surface area contributed by atoms with Gasteiger partial charge in [0.05, 0.1) is 0 Å². The van der Waals surface area contributed by atoms with Crippen molar-refractivity contribution in [3.05, 3.63) is 0 Å². The smallest absolute Gasteiger partial charge is 0.302 e. The molecular weight excluding hydrogens is 296 g/mol.